The molecule has 0 saturated heterocycles. The van der Waals surface area contributed by atoms with Gasteiger partial charge in [-0.25, -0.2) is 4.79 Å². The van der Waals surface area contributed by atoms with E-state index in [4.69, 9.17) is 10.4 Å². The van der Waals surface area contributed by atoms with E-state index in [9.17, 15) is 9.59 Å². The Labute approximate surface area is 97.9 Å². The lowest BCUT2D eigenvalue weighted by atomic mass is 10.2. The van der Waals surface area contributed by atoms with Crippen LogP contribution >= 0.6 is 0 Å². The summed E-state index contributed by atoms with van der Waals surface area (Å²) in [6, 6.07) is 7.91. The number of benzene rings is 1. The van der Waals surface area contributed by atoms with Gasteiger partial charge in [0.05, 0.1) is 18.2 Å². The zero-order valence-corrected chi connectivity index (χ0v) is 8.93. The second kappa shape index (κ2) is 6.12. The van der Waals surface area contributed by atoms with Crippen LogP contribution in [-0.4, -0.2) is 30.1 Å². The number of anilines is 1. The Morgan fingerprint density at radius 1 is 1.41 bits per heavy atom. The second-order valence-electron chi connectivity index (χ2n) is 3.17. The fourth-order valence-corrected chi connectivity index (χ4v) is 1.15. The van der Waals surface area contributed by atoms with E-state index in [0.29, 0.717) is 5.69 Å². The molecule has 0 heterocycles. The summed E-state index contributed by atoms with van der Waals surface area (Å²) in [5, 5.41) is 22.1. The van der Waals surface area contributed by atoms with Crippen LogP contribution in [0.5, 0.6) is 0 Å². The van der Waals surface area contributed by atoms with Gasteiger partial charge in [0.15, 0.2) is 0 Å². The molecular weight excluding hydrogens is 222 g/mol. The third-order valence-corrected chi connectivity index (χ3v) is 1.93. The molecule has 0 aliphatic rings. The summed E-state index contributed by atoms with van der Waals surface area (Å²) < 4.78 is 0. The zero-order chi connectivity index (χ0) is 12.7. The normalized spacial score (nSPS) is 9.12. The van der Waals surface area contributed by atoms with Crippen LogP contribution in [0.15, 0.2) is 24.3 Å². The topological polar surface area (TPSA) is 102 Å². The number of hydrogen-bond acceptors (Lipinski definition) is 4. The number of nitrogens with one attached hydrogen (secondary N) is 2. The largest absolute Gasteiger partial charge is 0.478 e. The van der Waals surface area contributed by atoms with E-state index in [1.165, 1.54) is 12.1 Å². The van der Waals surface area contributed by atoms with Gasteiger partial charge in [-0.3, -0.25) is 4.79 Å². The van der Waals surface area contributed by atoms with Gasteiger partial charge in [-0.05, 0) is 18.2 Å². The molecule has 3 N–H and O–H groups in total. The van der Waals surface area contributed by atoms with Crippen LogP contribution in [0.2, 0.25) is 0 Å². The monoisotopic (exact) mass is 233 g/mol. The number of nitriles is 1. The van der Waals surface area contributed by atoms with Crippen molar-refractivity contribution < 1.29 is 14.7 Å². The summed E-state index contributed by atoms with van der Waals surface area (Å²) in [6.07, 6.45) is 0. The van der Waals surface area contributed by atoms with E-state index in [-0.39, 0.29) is 24.6 Å². The molecule has 1 rings (SSSR count). The Balaban J connectivity index is 2.52. The summed E-state index contributed by atoms with van der Waals surface area (Å²) >= 11 is 0. The molecule has 88 valence electrons. The third-order valence-electron chi connectivity index (χ3n) is 1.93. The van der Waals surface area contributed by atoms with Crippen LogP contribution in [0, 0.1) is 11.3 Å². The summed E-state index contributed by atoms with van der Waals surface area (Å²) in [5.74, 6) is -1.35. The third kappa shape index (κ3) is 4.22. The molecule has 0 saturated carbocycles. The Morgan fingerprint density at radius 3 is 2.82 bits per heavy atom. The molecule has 6 heteroatoms. The number of hydrogen-bond donors (Lipinski definition) is 3. The van der Waals surface area contributed by atoms with Crippen molar-refractivity contribution in [2.24, 2.45) is 0 Å². The number of aromatic carboxylic acids is 1. The summed E-state index contributed by atoms with van der Waals surface area (Å²) in [6.45, 7) is -0.0551. The lowest BCUT2D eigenvalue weighted by molar-refractivity contribution is -0.119. The Morgan fingerprint density at radius 2 is 2.18 bits per heavy atom. The lowest BCUT2D eigenvalue weighted by Crippen LogP contribution is -2.30. The fourth-order valence-electron chi connectivity index (χ4n) is 1.15. The predicted octanol–water partition coefficient (Wildman–Crippen LogP) is 0.436. The molecule has 0 atom stereocenters. The molecule has 6 nitrogen and oxygen atoms in total. The first-order valence-electron chi connectivity index (χ1n) is 4.84. The number of rotatable bonds is 5. The number of carbonyl (C=O) groups excluding carboxylic acids is 1. The molecule has 0 unspecified atom stereocenters. The maximum atomic E-state index is 11.2. The van der Waals surface area contributed by atoms with Crippen molar-refractivity contribution in [3.05, 3.63) is 29.8 Å². The van der Waals surface area contributed by atoms with E-state index < -0.39 is 5.97 Å². The minimum atomic E-state index is -1.03. The zero-order valence-electron chi connectivity index (χ0n) is 8.93. The van der Waals surface area contributed by atoms with Crippen LogP contribution in [0.25, 0.3) is 0 Å². The molecular formula is C11H11N3O3. The summed E-state index contributed by atoms with van der Waals surface area (Å²) in [4.78, 5) is 21.8. The molecule has 0 spiro atoms. The van der Waals surface area contributed by atoms with E-state index in [1.54, 1.807) is 18.2 Å². The van der Waals surface area contributed by atoms with Crippen molar-refractivity contribution in [2.45, 2.75) is 0 Å². The van der Waals surface area contributed by atoms with Crippen molar-refractivity contribution in [3.8, 4) is 6.07 Å². The van der Waals surface area contributed by atoms with Gasteiger partial charge in [-0.2, -0.15) is 5.26 Å². The van der Waals surface area contributed by atoms with Crippen molar-refractivity contribution >= 4 is 17.6 Å². The molecule has 0 aromatic heterocycles. The maximum Gasteiger partial charge on any atom is 0.335 e. The number of nitrogens with zero attached hydrogens (tertiary/aromatic N) is 1. The lowest BCUT2D eigenvalue weighted by Gasteiger charge is -2.06. The van der Waals surface area contributed by atoms with Gasteiger partial charge >= 0.3 is 5.97 Å². The first-order valence-corrected chi connectivity index (χ1v) is 4.84. The highest BCUT2D eigenvalue weighted by Crippen LogP contribution is 2.09. The van der Waals surface area contributed by atoms with E-state index in [1.807, 2.05) is 0 Å². The highest BCUT2D eigenvalue weighted by molar-refractivity contribution is 5.89. The van der Waals surface area contributed by atoms with Gasteiger partial charge in [0.2, 0.25) is 5.91 Å². The minimum absolute atomic E-state index is 0.00917. The van der Waals surface area contributed by atoms with Crippen molar-refractivity contribution in [2.75, 3.05) is 18.4 Å². The number of carboxylic acids is 1. The highest BCUT2D eigenvalue weighted by atomic mass is 16.4. The number of carboxylic acid groups (broad SMARTS) is 1. The smallest absolute Gasteiger partial charge is 0.335 e. The van der Waals surface area contributed by atoms with Gasteiger partial charge in [-0.1, -0.05) is 6.07 Å². The Hall–Kier alpha value is -2.55. The first kappa shape index (κ1) is 12.5. The molecule has 0 bridgehead atoms. The van der Waals surface area contributed by atoms with E-state index >= 15 is 0 Å². The van der Waals surface area contributed by atoms with Crippen molar-refractivity contribution in [1.29, 1.82) is 5.26 Å². The molecule has 1 aromatic carbocycles. The molecule has 0 radical (unpaired) electrons. The average Bonchev–Trinajstić information content (AvgIpc) is 2.34. The van der Waals surface area contributed by atoms with Crippen LogP contribution in [0.3, 0.4) is 0 Å². The van der Waals surface area contributed by atoms with Crippen LogP contribution in [0.1, 0.15) is 10.4 Å². The highest BCUT2D eigenvalue weighted by Gasteiger charge is 2.04. The summed E-state index contributed by atoms with van der Waals surface area (Å²) in [5.41, 5.74) is 0.685. The van der Waals surface area contributed by atoms with Crippen LogP contribution in [0.4, 0.5) is 5.69 Å². The minimum Gasteiger partial charge on any atom is -0.478 e. The van der Waals surface area contributed by atoms with Gasteiger partial charge in [0.1, 0.15) is 6.54 Å². The molecule has 1 aromatic rings. The average molecular weight is 233 g/mol. The molecule has 1 amide bonds. The van der Waals surface area contributed by atoms with Crippen molar-refractivity contribution in [3.63, 3.8) is 0 Å². The van der Waals surface area contributed by atoms with E-state index in [0.717, 1.165) is 0 Å². The number of amides is 1. The van der Waals surface area contributed by atoms with Gasteiger partial charge < -0.3 is 15.7 Å². The molecule has 17 heavy (non-hydrogen) atoms. The second-order valence-corrected chi connectivity index (χ2v) is 3.17. The summed E-state index contributed by atoms with van der Waals surface area (Å²) in [7, 11) is 0. The number of carbonyl (C=O) groups is 2. The Kier molecular flexibility index (Phi) is 4.51. The SMILES string of the molecule is N#CCNC(=O)CNc1cccc(C(=O)O)c1. The standard InChI is InChI=1S/C11H11N3O3/c12-4-5-13-10(15)7-14-9-3-1-2-8(6-9)11(16)17/h1-3,6,14H,5,7H2,(H,13,15)(H,16,17). The quantitative estimate of drug-likeness (QED) is 0.640. The first-order chi connectivity index (χ1) is 8.13. The van der Waals surface area contributed by atoms with Gasteiger partial charge in [-0.15, -0.1) is 0 Å². The molecule has 0 aliphatic heterocycles. The molecule has 0 aliphatic carbocycles. The van der Waals surface area contributed by atoms with Crippen molar-refractivity contribution in [1.82, 2.24) is 5.32 Å². The molecule has 0 fully saturated rings. The van der Waals surface area contributed by atoms with Gasteiger partial charge in [0.25, 0.3) is 0 Å². The maximum absolute atomic E-state index is 11.2. The fraction of sp³-hybridized carbons (Fsp3) is 0.182. The van der Waals surface area contributed by atoms with Gasteiger partial charge in [0, 0.05) is 5.69 Å². The van der Waals surface area contributed by atoms with E-state index in [2.05, 4.69) is 10.6 Å². The predicted molar refractivity (Wildman–Crippen MR) is 60.5 cm³/mol. The Bertz CT molecular complexity index is 465. The van der Waals surface area contributed by atoms with Crippen LogP contribution in [-0.2, 0) is 4.79 Å². The van der Waals surface area contributed by atoms with Crippen LogP contribution < -0.4 is 10.6 Å².